The van der Waals surface area contributed by atoms with Crippen LogP contribution in [-0.4, -0.2) is 41.6 Å². The third kappa shape index (κ3) is 3.35. The molecule has 2 fully saturated rings. The van der Waals surface area contributed by atoms with Gasteiger partial charge in [0.25, 0.3) is 0 Å². The molecule has 1 saturated carbocycles. The topological polar surface area (TPSA) is 55.6 Å². The van der Waals surface area contributed by atoms with Crippen molar-refractivity contribution in [2.75, 3.05) is 13.1 Å². The zero-order valence-corrected chi connectivity index (χ0v) is 11.7. The van der Waals surface area contributed by atoms with Crippen LogP contribution in [0.25, 0.3) is 0 Å². The first-order valence-corrected chi connectivity index (χ1v) is 6.69. The van der Waals surface area contributed by atoms with Gasteiger partial charge in [0.15, 0.2) is 0 Å². The van der Waals surface area contributed by atoms with Crippen molar-refractivity contribution in [2.45, 2.75) is 51.2 Å². The summed E-state index contributed by atoms with van der Waals surface area (Å²) in [7, 11) is 0. The van der Waals surface area contributed by atoms with Crippen LogP contribution in [0, 0.1) is 11.8 Å². The molecule has 19 heavy (non-hydrogen) atoms. The summed E-state index contributed by atoms with van der Waals surface area (Å²) < 4.78 is 32.3. The molecule has 6 heteroatoms. The van der Waals surface area contributed by atoms with E-state index in [1.807, 2.05) is 0 Å². The number of likely N-dealkylation sites (tertiary alicyclic amines) is 1. The van der Waals surface area contributed by atoms with Crippen LogP contribution in [0.15, 0.2) is 0 Å². The monoisotopic (exact) mass is 276 g/mol. The van der Waals surface area contributed by atoms with E-state index >= 15 is 0 Å². The van der Waals surface area contributed by atoms with Gasteiger partial charge in [-0.15, -0.1) is 0 Å². The average Bonchev–Trinajstić information content (AvgIpc) is 2.17. The fraction of sp³-hybridized carbons (Fsp3) is 0.923. The summed E-state index contributed by atoms with van der Waals surface area (Å²) in [6.07, 6.45) is -0.895. The van der Waals surface area contributed by atoms with Crippen molar-refractivity contribution in [3.63, 3.8) is 0 Å². The van der Waals surface area contributed by atoms with Gasteiger partial charge < -0.3 is 15.4 Å². The number of alkyl halides is 2. The smallest absolute Gasteiger partial charge is 0.410 e. The Morgan fingerprint density at radius 2 is 1.74 bits per heavy atom. The SMILES string of the molecule is CC(C)(C)OC(=O)N1CC2CC(F)(F)CC(C1)C2N. The highest BCUT2D eigenvalue weighted by Gasteiger charge is 2.50. The van der Waals surface area contributed by atoms with Crippen LogP contribution in [0.4, 0.5) is 13.6 Å². The molecular formula is C13H22F2N2O2. The molecule has 0 aromatic rings. The first-order chi connectivity index (χ1) is 8.57. The second-order valence-electron chi connectivity index (χ2n) is 6.75. The van der Waals surface area contributed by atoms with Crippen LogP contribution in [0.3, 0.4) is 0 Å². The summed E-state index contributed by atoms with van der Waals surface area (Å²) in [5.74, 6) is -3.32. The van der Waals surface area contributed by atoms with E-state index in [2.05, 4.69) is 0 Å². The van der Waals surface area contributed by atoms with Gasteiger partial charge in [-0.25, -0.2) is 13.6 Å². The number of carbonyl (C=O) groups excluding carboxylic acids is 1. The number of amides is 1. The lowest BCUT2D eigenvalue weighted by atomic mass is 9.72. The van der Waals surface area contributed by atoms with Crippen molar-refractivity contribution in [1.82, 2.24) is 4.90 Å². The molecule has 2 N–H and O–H groups in total. The molecule has 2 aliphatic rings. The van der Waals surface area contributed by atoms with Crippen LogP contribution in [0.5, 0.6) is 0 Å². The van der Waals surface area contributed by atoms with Gasteiger partial charge in [0.05, 0.1) is 0 Å². The molecule has 2 atom stereocenters. The fourth-order valence-corrected chi connectivity index (χ4v) is 3.00. The molecule has 0 aromatic carbocycles. The summed E-state index contributed by atoms with van der Waals surface area (Å²) >= 11 is 0. The number of fused-ring (bicyclic) bond motifs is 2. The highest BCUT2D eigenvalue weighted by molar-refractivity contribution is 5.68. The highest BCUT2D eigenvalue weighted by Crippen LogP contribution is 2.42. The number of nitrogens with two attached hydrogens (primary N) is 1. The summed E-state index contributed by atoms with van der Waals surface area (Å²) in [5.41, 5.74) is 5.41. The predicted molar refractivity (Wildman–Crippen MR) is 66.9 cm³/mol. The van der Waals surface area contributed by atoms with Gasteiger partial charge in [-0.2, -0.15) is 0 Å². The van der Waals surface area contributed by atoms with E-state index in [9.17, 15) is 13.6 Å². The maximum Gasteiger partial charge on any atom is 0.410 e. The number of rotatable bonds is 0. The molecule has 2 unspecified atom stereocenters. The molecule has 1 aliphatic heterocycles. The molecular weight excluding hydrogens is 254 g/mol. The normalized spacial score (nSPS) is 34.0. The maximum atomic E-state index is 13.5. The standard InChI is InChI=1S/C13H22F2N2O2/c1-12(2,3)19-11(18)17-6-8-4-13(14,15)5-9(7-17)10(8)16/h8-10H,4-7,16H2,1-3H3. The third-order valence-electron chi connectivity index (χ3n) is 3.77. The summed E-state index contributed by atoms with van der Waals surface area (Å²) in [6, 6.07) is -0.238. The Bertz CT molecular complexity index is 350. The summed E-state index contributed by atoms with van der Waals surface area (Å²) in [6.45, 7) is 5.89. The van der Waals surface area contributed by atoms with E-state index in [4.69, 9.17) is 10.5 Å². The quantitative estimate of drug-likeness (QED) is 0.738. The minimum atomic E-state index is -2.65. The number of halogens is 2. The minimum Gasteiger partial charge on any atom is -0.444 e. The lowest BCUT2D eigenvalue weighted by Gasteiger charge is -2.48. The molecule has 1 aliphatic carbocycles. The molecule has 110 valence electrons. The van der Waals surface area contributed by atoms with E-state index in [-0.39, 0.29) is 43.8 Å². The van der Waals surface area contributed by atoms with Crippen LogP contribution in [-0.2, 0) is 4.74 Å². The van der Waals surface area contributed by atoms with Crippen LogP contribution in [0.2, 0.25) is 0 Å². The maximum absolute atomic E-state index is 13.5. The fourth-order valence-electron chi connectivity index (χ4n) is 3.00. The van der Waals surface area contributed by atoms with Gasteiger partial charge in [-0.05, 0) is 32.6 Å². The second kappa shape index (κ2) is 4.58. The molecule has 0 spiro atoms. The molecule has 1 heterocycles. The number of nitrogens with zero attached hydrogens (tertiary/aromatic N) is 1. The molecule has 2 bridgehead atoms. The van der Waals surface area contributed by atoms with Crippen LogP contribution < -0.4 is 5.73 Å². The Morgan fingerprint density at radius 3 is 2.16 bits per heavy atom. The van der Waals surface area contributed by atoms with Crippen molar-refractivity contribution in [2.24, 2.45) is 17.6 Å². The number of carbonyl (C=O) groups is 1. The summed E-state index contributed by atoms with van der Waals surface area (Å²) in [5, 5.41) is 0. The molecule has 0 radical (unpaired) electrons. The number of ether oxygens (including phenoxy) is 1. The van der Waals surface area contributed by atoms with Gasteiger partial charge in [0.2, 0.25) is 5.92 Å². The Balaban J connectivity index is 2.04. The van der Waals surface area contributed by atoms with Crippen LogP contribution >= 0.6 is 0 Å². The van der Waals surface area contributed by atoms with E-state index in [1.165, 1.54) is 4.90 Å². The Kier molecular flexibility index (Phi) is 3.49. The van der Waals surface area contributed by atoms with Gasteiger partial charge in [-0.3, -0.25) is 0 Å². The van der Waals surface area contributed by atoms with E-state index in [0.717, 1.165) is 0 Å². The van der Waals surface area contributed by atoms with Gasteiger partial charge >= 0.3 is 6.09 Å². The first kappa shape index (κ1) is 14.5. The predicted octanol–water partition coefficient (Wildman–Crippen LogP) is 2.23. The van der Waals surface area contributed by atoms with E-state index < -0.39 is 17.6 Å². The molecule has 2 rings (SSSR count). The Labute approximate surface area is 112 Å². The lowest BCUT2D eigenvalue weighted by molar-refractivity contribution is -0.106. The van der Waals surface area contributed by atoms with Crippen molar-refractivity contribution < 1.29 is 18.3 Å². The van der Waals surface area contributed by atoms with Crippen molar-refractivity contribution in [3.8, 4) is 0 Å². The average molecular weight is 276 g/mol. The first-order valence-electron chi connectivity index (χ1n) is 6.69. The number of hydrogen-bond donors (Lipinski definition) is 1. The van der Waals surface area contributed by atoms with Gasteiger partial charge in [-0.1, -0.05) is 0 Å². The van der Waals surface area contributed by atoms with E-state index in [1.54, 1.807) is 20.8 Å². The molecule has 1 saturated heterocycles. The highest BCUT2D eigenvalue weighted by atomic mass is 19.3. The van der Waals surface area contributed by atoms with Crippen molar-refractivity contribution in [1.29, 1.82) is 0 Å². The molecule has 4 nitrogen and oxygen atoms in total. The van der Waals surface area contributed by atoms with Crippen molar-refractivity contribution >= 4 is 6.09 Å². The number of piperidine rings is 1. The van der Waals surface area contributed by atoms with Gasteiger partial charge in [0, 0.05) is 32.0 Å². The van der Waals surface area contributed by atoms with Crippen LogP contribution in [0.1, 0.15) is 33.6 Å². The Hall–Kier alpha value is -0.910. The molecule has 1 amide bonds. The largest absolute Gasteiger partial charge is 0.444 e. The van der Waals surface area contributed by atoms with E-state index in [0.29, 0.717) is 0 Å². The molecule has 0 aromatic heterocycles. The second-order valence-corrected chi connectivity index (χ2v) is 6.75. The minimum absolute atomic E-state index is 0.232. The summed E-state index contributed by atoms with van der Waals surface area (Å²) in [4.78, 5) is 13.5. The third-order valence-corrected chi connectivity index (χ3v) is 3.77. The van der Waals surface area contributed by atoms with Crippen molar-refractivity contribution in [3.05, 3.63) is 0 Å². The zero-order chi connectivity index (χ0) is 14.4. The Morgan fingerprint density at radius 1 is 1.26 bits per heavy atom. The zero-order valence-electron chi connectivity index (χ0n) is 11.7. The number of hydrogen-bond acceptors (Lipinski definition) is 3. The van der Waals surface area contributed by atoms with Gasteiger partial charge in [0.1, 0.15) is 5.60 Å². The lowest BCUT2D eigenvalue weighted by Crippen LogP contribution is -2.60.